The largest absolute Gasteiger partial charge is 0.324 e. The molecule has 0 aromatic heterocycles. The number of carbonyl (C=O) groups is 3. The molecule has 6 nitrogen and oxygen atoms in total. The van der Waals surface area contributed by atoms with E-state index in [1.54, 1.807) is 6.07 Å². The van der Waals surface area contributed by atoms with Crippen molar-refractivity contribution in [1.29, 1.82) is 0 Å². The van der Waals surface area contributed by atoms with E-state index in [-0.39, 0.29) is 30.3 Å². The number of nitrogens with one attached hydrogen (secondary N) is 2. The van der Waals surface area contributed by atoms with Crippen molar-refractivity contribution in [2.45, 2.75) is 38.4 Å². The molecule has 0 aliphatic carbocycles. The van der Waals surface area contributed by atoms with E-state index in [0.29, 0.717) is 28.6 Å². The molecule has 3 aliphatic heterocycles. The molecule has 0 radical (unpaired) electrons. The maximum Gasteiger partial charge on any atom is 0.250 e. The zero-order valence-corrected chi connectivity index (χ0v) is 18.1. The van der Waals surface area contributed by atoms with Crippen LogP contribution in [0.4, 0.5) is 5.69 Å². The highest BCUT2D eigenvalue weighted by Gasteiger charge is 2.70. The van der Waals surface area contributed by atoms with Crippen LogP contribution >= 0.6 is 11.6 Å². The lowest BCUT2D eigenvalue weighted by atomic mass is 9.76. The summed E-state index contributed by atoms with van der Waals surface area (Å²) in [5.74, 6) is -1.89. The van der Waals surface area contributed by atoms with Gasteiger partial charge < -0.3 is 5.32 Å². The summed E-state index contributed by atoms with van der Waals surface area (Å²) in [6, 6.07) is 14.3. The highest BCUT2D eigenvalue weighted by atomic mass is 35.5. The Labute approximate surface area is 185 Å². The molecule has 0 unspecified atom stereocenters. The van der Waals surface area contributed by atoms with Gasteiger partial charge in [-0.05, 0) is 30.0 Å². The third-order valence-corrected chi connectivity index (χ3v) is 7.09. The average molecular weight is 438 g/mol. The molecule has 31 heavy (non-hydrogen) atoms. The molecule has 160 valence electrons. The normalized spacial score (nSPS) is 29.1. The molecule has 2 saturated heterocycles. The van der Waals surface area contributed by atoms with Crippen LogP contribution in [-0.2, 0) is 26.5 Å². The number of amides is 3. The topological polar surface area (TPSA) is 78.5 Å². The molecule has 3 heterocycles. The maximum absolute atomic E-state index is 13.7. The van der Waals surface area contributed by atoms with E-state index in [0.717, 1.165) is 5.56 Å². The van der Waals surface area contributed by atoms with Crippen molar-refractivity contribution in [2.24, 2.45) is 17.8 Å². The van der Waals surface area contributed by atoms with Crippen LogP contribution in [0.2, 0.25) is 5.02 Å². The van der Waals surface area contributed by atoms with Gasteiger partial charge in [-0.1, -0.05) is 61.8 Å². The molecule has 1 spiro atoms. The number of fused-ring (bicyclic) bond motifs is 4. The van der Waals surface area contributed by atoms with Gasteiger partial charge in [0, 0.05) is 22.3 Å². The molecule has 2 aromatic carbocycles. The van der Waals surface area contributed by atoms with Crippen LogP contribution in [0, 0.1) is 17.8 Å². The summed E-state index contributed by atoms with van der Waals surface area (Å²) in [4.78, 5) is 41.9. The van der Waals surface area contributed by atoms with Gasteiger partial charge in [0.15, 0.2) is 0 Å². The Balaban J connectivity index is 1.60. The van der Waals surface area contributed by atoms with Crippen LogP contribution in [0.5, 0.6) is 0 Å². The molecule has 2 aromatic rings. The molecule has 4 atom stereocenters. The van der Waals surface area contributed by atoms with Crippen molar-refractivity contribution in [2.75, 3.05) is 5.32 Å². The van der Waals surface area contributed by atoms with Gasteiger partial charge in [-0.15, -0.1) is 0 Å². The van der Waals surface area contributed by atoms with Crippen LogP contribution < -0.4 is 10.6 Å². The predicted molar refractivity (Wildman–Crippen MR) is 117 cm³/mol. The summed E-state index contributed by atoms with van der Waals surface area (Å²) >= 11 is 6.30. The fraction of sp³-hybridized carbons (Fsp3) is 0.375. The van der Waals surface area contributed by atoms with E-state index in [4.69, 9.17) is 11.6 Å². The fourth-order valence-electron chi connectivity index (χ4n) is 5.48. The molecular weight excluding hydrogens is 414 g/mol. The first kappa shape index (κ1) is 20.2. The summed E-state index contributed by atoms with van der Waals surface area (Å²) in [5.41, 5.74) is 0.906. The van der Waals surface area contributed by atoms with E-state index in [2.05, 4.69) is 24.5 Å². The van der Waals surface area contributed by atoms with E-state index < -0.39 is 17.4 Å². The van der Waals surface area contributed by atoms with E-state index in [9.17, 15) is 14.4 Å². The third-order valence-electron chi connectivity index (χ3n) is 6.73. The summed E-state index contributed by atoms with van der Waals surface area (Å²) in [5, 5.41) is 6.89. The molecule has 2 N–H and O–H groups in total. The lowest BCUT2D eigenvalue weighted by Crippen LogP contribution is -2.53. The zero-order valence-electron chi connectivity index (χ0n) is 17.4. The van der Waals surface area contributed by atoms with Crippen LogP contribution in [-0.4, -0.2) is 28.7 Å². The number of benzene rings is 2. The van der Waals surface area contributed by atoms with Gasteiger partial charge in [0.05, 0.1) is 18.4 Å². The summed E-state index contributed by atoms with van der Waals surface area (Å²) < 4.78 is 0. The van der Waals surface area contributed by atoms with E-state index in [1.165, 1.54) is 4.90 Å². The van der Waals surface area contributed by atoms with Crippen molar-refractivity contribution in [3.63, 3.8) is 0 Å². The molecule has 0 bridgehead atoms. The second kappa shape index (κ2) is 7.18. The lowest BCUT2D eigenvalue weighted by molar-refractivity contribution is -0.143. The number of hydrogen-bond donors (Lipinski definition) is 2. The highest BCUT2D eigenvalue weighted by molar-refractivity contribution is 6.31. The first-order chi connectivity index (χ1) is 14.8. The predicted octanol–water partition coefficient (Wildman–Crippen LogP) is 3.31. The molecule has 3 aliphatic rings. The molecular formula is C24H24ClN3O3. The minimum atomic E-state index is -1.23. The number of rotatable bonds is 4. The standard InChI is InChI=1S/C24H24ClN3O3/c1-13(2)11-18-19-20(24(27-18)15-8-4-6-10-17(15)26-23(24)31)22(30)28(21(19)29)12-14-7-3-5-9-16(14)25/h3-10,13,18-20,27H,11-12H2,1-2H3,(H,26,31)/t18-,19-,20-,24-/m1/s1. The monoisotopic (exact) mass is 437 g/mol. The molecule has 3 amide bonds. The first-order valence-electron chi connectivity index (χ1n) is 10.6. The second-order valence-electron chi connectivity index (χ2n) is 9.05. The maximum atomic E-state index is 13.7. The van der Waals surface area contributed by atoms with Crippen molar-refractivity contribution in [3.8, 4) is 0 Å². The quantitative estimate of drug-likeness (QED) is 0.719. The number of carbonyl (C=O) groups excluding carboxylic acids is 3. The fourth-order valence-corrected chi connectivity index (χ4v) is 5.68. The van der Waals surface area contributed by atoms with E-state index in [1.807, 2.05) is 42.5 Å². The summed E-state index contributed by atoms with van der Waals surface area (Å²) in [6.07, 6.45) is 0.692. The van der Waals surface area contributed by atoms with Gasteiger partial charge in [0.2, 0.25) is 17.7 Å². The first-order valence-corrected chi connectivity index (χ1v) is 11.0. The third kappa shape index (κ3) is 2.85. The zero-order chi connectivity index (χ0) is 21.9. The van der Waals surface area contributed by atoms with Crippen molar-refractivity contribution in [1.82, 2.24) is 10.2 Å². The minimum absolute atomic E-state index is 0.109. The molecule has 0 saturated carbocycles. The number of para-hydroxylation sites is 1. The lowest BCUT2D eigenvalue weighted by Gasteiger charge is -2.30. The Morgan fingerprint density at radius 1 is 1.03 bits per heavy atom. The Morgan fingerprint density at radius 2 is 1.74 bits per heavy atom. The highest BCUT2D eigenvalue weighted by Crippen LogP contribution is 2.53. The van der Waals surface area contributed by atoms with Gasteiger partial charge in [-0.25, -0.2) is 0 Å². The van der Waals surface area contributed by atoms with Gasteiger partial charge in [0.25, 0.3) is 0 Å². The molecule has 7 heteroatoms. The smallest absolute Gasteiger partial charge is 0.250 e. The number of anilines is 1. The minimum Gasteiger partial charge on any atom is -0.324 e. The Morgan fingerprint density at radius 3 is 2.48 bits per heavy atom. The van der Waals surface area contributed by atoms with Crippen molar-refractivity contribution < 1.29 is 14.4 Å². The number of halogens is 1. The summed E-state index contributed by atoms with van der Waals surface area (Å²) in [7, 11) is 0. The second-order valence-corrected chi connectivity index (χ2v) is 9.45. The van der Waals surface area contributed by atoms with Crippen LogP contribution in [0.1, 0.15) is 31.4 Å². The number of nitrogens with zero attached hydrogens (tertiary/aromatic N) is 1. The van der Waals surface area contributed by atoms with Crippen LogP contribution in [0.15, 0.2) is 48.5 Å². The van der Waals surface area contributed by atoms with Gasteiger partial charge in [-0.2, -0.15) is 0 Å². The van der Waals surface area contributed by atoms with Crippen molar-refractivity contribution >= 4 is 35.0 Å². The van der Waals surface area contributed by atoms with Crippen LogP contribution in [0.3, 0.4) is 0 Å². The Hall–Kier alpha value is -2.70. The van der Waals surface area contributed by atoms with Crippen molar-refractivity contribution in [3.05, 3.63) is 64.7 Å². The van der Waals surface area contributed by atoms with E-state index >= 15 is 0 Å². The Bertz CT molecular complexity index is 1100. The van der Waals surface area contributed by atoms with Crippen LogP contribution in [0.25, 0.3) is 0 Å². The molecule has 2 fully saturated rings. The number of likely N-dealkylation sites (tertiary alicyclic amines) is 1. The molecule has 5 rings (SSSR count). The van der Waals surface area contributed by atoms with Gasteiger partial charge in [-0.3, -0.25) is 24.6 Å². The summed E-state index contributed by atoms with van der Waals surface area (Å²) in [6.45, 7) is 4.26. The van der Waals surface area contributed by atoms with Gasteiger partial charge >= 0.3 is 0 Å². The average Bonchev–Trinajstić information content (AvgIpc) is 3.30. The SMILES string of the molecule is CC(C)C[C@H]1N[C@@]2(C(=O)Nc3ccccc32)[C@H]2C(=O)N(Cc3ccccc3Cl)C(=O)[C@H]12. The number of hydrogen-bond acceptors (Lipinski definition) is 4. The number of imide groups is 1. The van der Waals surface area contributed by atoms with Gasteiger partial charge in [0.1, 0.15) is 5.54 Å². The Kier molecular flexibility index (Phi) is 4.68.